The average Bonchev–Trinajstić information content (AvgIpc) is 2.25. The Kier molecular flexibility index (Phi) is 3.59. The van der Waals surface area contributed by atoms with Crippen molar-refractivity contribution in [3.8, 4) is 0 Å². The Balaban J connectivity index is 1.82. The van der Waals surface area contributed by atoms with Crippen molar-refractivity contribution in [3.05, 3.63) is 35.6 Å². The third kappa shape index (κ3) is 2.43. The van der Waals surface area contributed by atoms with Crippen molar-refractivity contribution in [2.75, 3.05) is 6.54 Å². The predicted octanol–water partition coefficient (Wildman–Crippen LogP) is 3.50. The summed E-state index contributed by atoms with van der Waals surface area (Å²) in [5.41, 5.74) is 1.28. The highest BCUT2D eigenvalue weighted by atomic mass is 19.1. The summed E-state index contributed by atoms with van der Waals surface area (Å²) >= 11 is 0. The molecule has 0 heterocycles. The van der Waals surface area contributed by atoms with Crippen LogP contribution in [0, 0.1) is 11.2 Å². The Morgan fingerprint density at radius 3 is 2.62 bits per heavy atom. The number of nitrogens with one attached hydrogen (secondary N) is 1. The summed E-state index contributed by atoms with van der Waals surface area (Å²) in [6.45, 7) is 3.93. The minimum absolute atomic E-state index is 0.103. The van der Waals surface area contributed by atoms with E-state index in [9.17, 15) is 4.39 Å². The van der Waals surface area contributed by atoms with Crippen molar-refractivity contribution in [1.82, 2.24) is 5.32 Å². The van der Waals surface area contributed by atoms with E-state index in [-0.39, 0.29) is 5.82 Å². The van der Waals surface area contributed by atoms with Gasteiger partial charge >= 0.3 is 0 Å². The van der Waals surface area contributed by atoms with Gasteiger partial charge in [-0.25, -0.2) is 4.39 Å². The van der Waals surface area contributed by atoms with Crippen molar-refractivity contribution in [3.63, 3.8) is 0 Å². The smallest absolute Gasteiger partial charge is 0.127 e. The molecule has 1 aromatic rings. The van der Waals surface area contributed by atoms with E-state index in [2.05, 4.69) is 12.2 Å². The summed E-state index contributed by atoms with van der Waals surface area (Å²) in [5.74, 6) is -0.103. The quantitative estimate of drug-likeness (QED) is 0.802. The molecule has 0 saturated heterocycles. The van der Waals surface area contributed by atoms with Crippen LogP contribution in [0.15, 0.2) is 24.3 Å². The molecule has 0 radical (unpaired) electrons. The van der Waals surface area contributed by atoms with Crippen molar-refractivity contribution < 1.29 is 4.39 Å². The van der Waals surface area contributed by atoms with E-state index >= 15 is 0 Å². The van der Waals surface area contributed by atoms with Crippen LogP contribution in [0.1, 0.15) is 38.2 Å². The molecule has 1 aromatic carbocycles. The van der Waals surface area contributed by atoms with Crippen molar-refractivity contribution in [2.24, 2.45) is 5.41 Å². The Labute approximate surface area is 97.1 Å². The summed E-state index contributed by atoms with van der Waals surface area (Å²) in [7, 11) is 0. The Hall–Kier alpha value is -0.890. The fraction of sp³-hybridized carbons (Fsp3) is 0.571. The predicted molar refractivity (Wildman–Crippen MR) is 64.7 cm³/mol. The summed E-state index contributed by atoms with van der Waals surface area (Å²) in [5, 5.41) is 3.40. The second kappa shape index (κ2) is 4.96. The van der Waals surface area contributed by atoms with Gasteiger partial charge in [-0.15, -0.1) is 0 Å². The van der Waals surface area contributed by atoms with Gasteiger partial charge in [0.25, 0.3) is 0 Å². The van der Waals surface area contributed by atoms with Gasteiger partial charge in [-0.3, -0.25) is 0 Å². The normalized spacial score (nSPS) is 18.1. The van der Waals surface area contributed by atoms with Gasteiger partial charge in [0.15, 0.2) is 0 Å². The molecule has 0 aliphatic heterocycles. The molecule has 16 heavy (non-hydrogen) atoms. The lowest BCUT2D eigenvalue weighted by Gasteiger charge is -2.41. The fourth-order valence-electron chi connectivity index (χ4n) is 2.44. The minimum Gasteiger partial charge on any atom is -0.312 e. The molecule has 0 unspecified atom stereocenters. The third-order valence-corrected chi connectivity index (χ3v) is 3.94. The van der Waals surface area contributed by atoms with Crippen LogP contribution in [0.5, 0.6) is 0 Å². The Morgan fingerprint density at radius 2 is 2.06 bits per heavy atom. The molecule has 88 valence electrons. The molecule has 0 amide bonds. The van der Waals surface area contributed by atoms with Crippen LogP contribution < -0.4 is 5.32 Å². The van der Waals surface area contributed by atoms with Crippen LogP contribution in [0.25, 0.3) is 0 Å². The molecule has 2 heteroatoms. The molecule has 1 aliphatic rings. The number of rotatable bonds is 5. The minimum atomic E-state index is -0.103. The van der Waals surface area contributed by atoms with E-state index in [1.165, 1.54) is 31.7 Å². The van der Waals surface area contributed by atoms with E-state index in [1.807, 2.05) is 12.1 Å². The summed E-state index contributed by atoms with van der Waals surface area (Å²) in [4.78, 5) is 0. The summed E-state index contributed by atoms with van der Waals surface area (Å²) < 4.78 is 13.3. The van der Waals surface area contributed by atoms with Crippen LogP contribution in [0.2, 0.25) is 0 Å². The highest BCUT2D eigenvalue weighted by Crippen LogP contribution is 2.43. The van der Waals surface area contributed by atoms with Gasteiger partial charge in [0.2, 0.25) is 0 Å². The summed E-state index contributed by atoms with van der Waals surface area (Å²) in [6, 6.07) is 7.00. The standard InChI is InChI=1S/C14H20FN/c1-2-14(8-5-9-14)11-16-10-12-6-3-4-7-13(12)15/h3-4,6-7,16H,2,5,8-11H2,1H3. The van der Waals surface area contributed by atoms with Crippen LogP contribution in [-0.4, -0.2) is 6.54 Å². The molecule has 0 aromatic heterocycles. The zero-order chi connectivity index (χ0) is 11.4. The van der Waals surface area contributed by atoms with Gasteiger partial charge in [0.05, 0.1) is 0 Å². The van der Waals surface area contributed by atoms with Gasteiger partial charge in [0.1, 0.15) is 5.82 Å². The number of benzene rings is 1. The van der Waals surface area contributed by atoms with Crippen LogP contribution in [0.3, 0.4) is 0 Å². The first-order valence-electron chi connectivity index (χ1n) is 6.20. The van der Waals surface area contributed by atoms with Gasteiger partial charge in [-0.1, -0.05) is 31.5 Å². The molecule has 1 nitrogen and oxygen atoms in total. The molecular formula is C14H20FN. The largest absolute Gasteiger partial charge is 0.312 e. The monoisotopic (exact) mass is 221 g/mol. The topological polar surface area (TPSA) is 12.0 Å². The lowest BCUT2D eigenvalue weighted by Crippen LogP contribution is -2.39. The van der Waals surface area contributed by atoms with Crippen LogP contribution in [0.4, 0.5) is 4.39 Å². The van der Waals surface area contributed by atoms with Gasteiger partial charge in [-0.05, 0) is 30.7 Å². The first-order valence-corrected chi connectivity index (χ1v) is 6.20. The van der Waals surface area contributed by atoms with E-state index in [4.69, 9.17) is 0 Å². The molecule has 1 fully saturated rings. The maximum absolute atomic E-state index is 13.3. The molecule has 1 N–H and O–H groups in total. The first kappa shape index (κ1) is 11.6. The zero-order valence-electron chi connectivity index (χ0n) is 9.93. The van der Waals surface area contributed by atoms with Gasteiger partial charge in [0, 0.05) is 18.7 Å². The average molecular weight is 221 g/mol. The lowest BCUT2D eigenvalue weighted by molar-refractivity contribution is 0.123. The van der Waals surface area contributed by atoms with Crippen molar-refractivity contribution in [1.29, 1.82) is 0 Å². The highest BCUT2D eigenvalue weighted by Gasteiger charge is 2.34. The van der Waals surface area contributed by atoms with Gasteiger partial charge < -0.3 is 5.32 Å². The lowest BCUT2D eigenvalue weighted by atomic mass is 9.67. The molecule has 1 saturated carbocycles. The molecule has 0 bridgehead atoms. The van der Waals surface area contributed by atoms with E-state index < -0.39 is 0 Å². The van der Waals surface area contributed by atoms with Gasteiger partial charge in [-0.2, -0.15) is 0 Å². The van der Waals surface area contributed by atoms with E-state index in [0.717, 1.165) is 12.1 Å². The Morgan fingerprint density at radius 1 is 1.31 bits per heavy atom. The second-order valence-corrected chi connectivity index (χ2v) is 4.90. The fourth-order valence-corrected chi connectivity index (χ4v) is 2.44. The molecule has 1 aliphatic carbocycles. The maximum Gasteiger partial charge on any atom is 0.127 e. The zero-order valence-corrected chi connectivity index (χ0v) is 9.93. The molecule has 2 rings (SSSR count). The second-order valence-electron chi connectivity index (χ2n) is 4.90. The molecule has 0 spiro atoms. The van der Waals surface area contributed by atoms with Crippen molar-refractivity contribution in [2.45, 2.75) is 39.2 Å². The number of hydrogen-bond acceptors (Lipinski definition) is 1. The number of hydrogen-bond donors (Lipinski definition) is 1. The maximum atomic E-state index is 13.3. The third-order valence-electron chi connectivity index (χ3n) is 3.94. The number of halogens is 1. The van der Waals surface area contributed by atoms with E-state index in [0.29, 0.717) is 12.0 Å². The molecular weight excluding hydrogens is 201 g/mol. The summed E-state index contributed by atoms with van der Waals surface area (Å²) in [6.07, 6.45) is 5.24. The van der Waals surface area contributed by atoms with E-state index in [1.54, 1.807) is 6.07 Å². The van der Waals surface area contributed by atoms with Crippen LogP contribution in [-0.2, 0) is 6.54 Å². The van der Waals surface area contributed by atoms with Crippen LogP contribution >= 0.6 is 0 Å². The first-order chi connectivity index (χ1) is 7.76. The Bertz CT molecular complexity index is 339. The highest BCUT2D eigenvalue weighted by molar-refractivity contribution is 5.16. The molecule has 0 atom stereocenters. The van der Waals surface area contributed by atoms with Crippen molar-refractivity contribution >= 4 is 0 Å². The SMILES string of the molecule is CCC1(CNCc2ccccc2F)CCC1.